The van der Waals surface area contributed by atoms with E-state index in [9.17, 15) is 4.79 Å². The van der Waals surface area contributed by atoms with Crippen molar-refractivity contribution in [3.05, 3.63) is 35.9 Å². The molecule has 118 valence electrons. The van der Waals surface area contributed by atoms with Crippen LogP contribution in [0.25, 0.3) is 0 Å². The molecule has 0 spiro atoms. The van der Waals surface area contributed by atoms with Crippen LogP contribution in [0.15, 0.2) is 30.3 Å². The lowest BCUT2D eigenvalue weighted by Gasteiger charge is -2.37. The summed E-state index contributed by atoms with van der Waals surface area (Å²) in [6.45, 7) is 7.92. The minimum Gasteiger partial charge on any atom is -0.450 e. The van der Waals surface area contributed by atoms with E-state index in [1.54, 1.807) is 4.90 Å². The predicted octanol–water partition coefficient (Wildman–Crippen LogP) is 2.81. The van der Waals surface area contributed by atoms with Gasteiger partial charge in [0.15, 0.2) is 0 Å². The second-order valence-corrected chi connectivity index (χ2v) is 5.26. The fourth-order valence-corrected chi connectivity index (χ4v) is 2.64. The van der Waals surface area contributed by atoms with Gasteiger partial charge in [0.1, 0.15) is 0 Å². The fourth-order valence-electron chi connectivity index (χ4n) is 2.64. The lowest BCUT2D eigenvalue weighted by molar-refractivity contribution is 0.0687. The third kappa shape index (κ3) is 5.21. The number of hydrogen-bond donors (Lipinski definition) is 0. The van der Waals surface area contributed by atoms with Crippen LogP contribution in [0.3, 0.4) is 0 Å². The van der Waals surface area contributed by atoms with E-state index in [1.165, 1.54) is 5.56 Å². The fraction of sp³-hybridized carbons (Fsp3) is 0.562. The first-order valence-electron chi connectivity index (χ1n) is 7.40. The van der Waals surface area contributed by atoms with Crippen LogP contribution in [0.5, 0.6) is 0 Å². The van der Waals surface area contributed by atoms with Crippen LogP contribution in [0.2, 0.25) is 0 Å². The van der Waals surface area contributed by atoms with Crippen LogP contribution >= 0.6 is 12.4 Å². The lowest BCUT2D eigenvalue weighted by atomic mass is 10.1. The van der Waals surface area contributed by atoms with Crippen molar-refractivity contribution < 1.29 is 9.53 Å². The molecule has 0 N–H and O–H groups in total. The Morgan fingerprint density at radius 2 is 1.81 bits per heavy atom. The van der Waals surface area contributed by atoms with E-state index in [0.29, 0.717) is 12.6 Å². The summed E-state index contributed by atoms with van der Waals surface area (Å²) < 4.78 is 5.04. The number of carbonyl (C=O) groups is 1. The number of rotatable bonds is 4. The van der Waals surface area contributed by atoms with Crippen molar-refractivity contribution in [2.24, 2.45) is 0 Å². The number of halogens is 1. The number of ether oxygens (including phenoxy) is 1. The molecule has 21 heavy (non-hydrogen) atoms. The Hall–Kier alpha value is -1.26. The van der Waals surface area contributed by atoms with Crippen LogP contribution < -0.4 is 0 Å². The Labute approximate surface area is 133 Å². The summed E-state index contributed by atoms with van der Waals surface area (Å²) in [6, 6.07) is 11.1. The molecule has 5 heteroatoms. The smallest absolute Gasteiger partial charge is 0.409 e. The highest BCUT2D eigenvalue weighted by Gasteiger charge is 2.24. The maximum absolute atomic E-state index is 11.7. The molecular weight excluding hydrogens is 288 g/mol. The predicted molar refractivity (Wildman–Crippen MR) is 87.0 cm³/mol. The number of piperazine rings is 1. The van der Waals surface area contributed by atoms with Crippen molar-refractivity contribution in [2.45, 2.75) is 26.3 Å². The highest BCUT2D eigenvalue weighted by Crippen LogP contribution is 2.12. The molecule has 1 unspecified atom stereocenters. The average Bonchev–Trinajstić information content (AvgIpc) is 2.48. The van der Waals surface area contributed by atoms with Crippen molar-refractivity contribution in [1.29, 1.82) is 0 Å². The molecule has 0 bridgehead atoms. The third-order valence-electron chi connectivity index (χ3n) is 3.84. The monoisotopic (exact) mass is 312 g/mol. The highest BCUT2D eigenvalue weighted by atomic mass is 35.5. The summed E-state index contributed by atoms with van der Waals surface area (Å²) in [5.41, 5.74) is 1.37. The summed E-state index contributed by atoms with van der Waals surface area (Å²) >= 11 is 0. The first kappa shape index (κ1) is 17.8. The number of carbonyl (C=O) groups excluding carboxylic acids is 1. The SMILES string of the molecule is CCOC(=O)N1CCN(C(C)Cc2ccccc2)CC1.Cl. The van der Waals surface area contributed by atoms with E-state index < -0.39 is 0 Å². The molecule has 0 saturated carbocycles. The molecule has 1 atom stereocenters. The van der Waals surface area contributed by atoms with Gasteiger partial charge in [0.2, 0.25) is 0 Å². The first-order chi connectivity index (χ1) is 9.70. The number of hydrogen-bond acceptors (Lipinski definition) is 3. The van der Waals surface area contributed by atoms with Crippen molar-refractivity contribution in [3.63, 3.8) is 0 Å². The van der Waals surface area contributed by atoms with Crippen LogP contribution in [-0.2, 0) is 11.2 Å². The van der Waals surface area contributed by atoms with Gasteiger partial charge >= 0.3 is 6.09 Å². The Morgan fingerprint density at radius 1 is 1.19 bits per heavy atom. The lowest BCUT2D eigenvalue weighted by Crippen LogP contribution is -2.51. The second-order valence-electron chi connectivity index (χ2n) is 5.26. The molecule has 0 aromatic heterocycles. The van der Waals surface area contributed by atoms with E-state index in [1.807, 2.05) is 13.0 Å². The molecule has 1 saturated heterocycles. The van der Waals surface area contributed by atoms with Gasteiger partial charge in [-0.05, 0) is 25.8 Å². The average molecular weight is 313 g/mol. The Morgan fingerprint density at radius 3 is 2.38 bits per heavy atom. The van der Waals surface area contributed by atoms with Crippen molar-refractivity contribution in [2.75, 3.05) is 32.8 Å². The zero-order chi connectivity index (χ0) is 14.4. The van der Waals surface area contributed by atoms with E-state index >= 15 is 0 Å². The van der Waals surface area contributed by atoms with Gasteiger partial charge in [-0.2, -0.15) is 0 Å². The zero-order valence-corrected chi connectivity index (χ0v) is 13.6. The maximum atomic E-state index is 11.7. The molecule has 1 fully saturated rings. The zero-order valence-electron chi connectivity index (χ0n) is 12.8. The van der Waals surface area contributed by atoms with E-state index in [-0.39, 0.29) is 18.5 Å². The summed E-state index contributed by atoms with van der Waals surface area (Å²) in [5, 5.41) is 0. The van der Waals surface area contributed by atoms with Gasteiger partial charge in [0.25, 0.3) is 0 Å². The molecule has 1 aromatic carbocycles. The first-order valence-corrected chi connectivity index (χ1v) is 7.40. The molecule has 1 amide bonds. The molecular formula is C16H25ClN2O2. The van der Waals surface area contributed by atoms with Crippen LogP contribution in [-0.4, -0.2) is 54.7 Å². The second kappa shape index (κ2) is 8.90. The summed E-state index contributed by atoms with van der Waals surface area (Å²) in [4.78, 5) is 15.9. The number of nitrogens with zero attached hydrogens (tertiary/aromatic N) is 2. The normalized spacial score (nSPS) is 17.0. The van der Waals surface area contributed by atoms with Crippen molar-refractivity contribution in [3.8, 4) is 0 Å². The molecule has 1 aliphatic rings. The highest BCUT2D eigenvalue weighted by molar-refractivity contribution is 5.85. The molecule has 4 nitrogen and oxygen atoms in total. The van der Waals surface area contributed by atoms with Gasteiger partial charge in [-0.3, -0.25) is 4.90 Å². The van der Waals surface area contributed by atoms with Gasteiger partial charge < -0.3 is 9.64 Å². The number of amides is 1. The summed E-state index contributed by atoms with van der Waals surface area (Å²) in [5.74, 6) is 0. The topological polar surface area (TPSA) is 32.8 Å². The van der Waals surface area contributed by atoms with Gasteiger partial charge in [0, 0.05) is 32.2 Å². The van der Waals surface area contributed by atoms with Gasteiger partial charge in [-0.25, -0.2) is 4.79 Å². The van der Waals surface area contributed by atoms with Crippen molar-refractivity contribution in [1.82, 2.24) is 9.80 Å². The van der Waals surface area contributed by atoms with Crippen LogP contribution in [0.4, 0.5) is 4.79 Å². The number of benzene rings is 1. The largest absolute Gasteiger partial charge is 0.450 e. The molecule has 1 aliphatic heterocycles. The molecule has 0 radical (unpaired) electrons. The Bertz CT molecular complexity index is 420. The van der Waals surface area contributed by atoms with Crippen LogP contribution in [0, 0.1) is 0 Å². The molecule has 2 rings (SSSR count). The minimum atomic E-state index is -0.178. The Kier molecular flexibility index (Phi) is 7.54. The quantitative estimate of drug-likeness (QED) is 0.857. The molecule has 1 heterocycles. The molecule has 0 aliphatic carbocycles. The maximum Gasteiger partial charge on any atom is 0.409 e. The van der Waals surface area contributed by atoms with Gasteiger partial charge in [-0.1, -0.05) is 30.3 Å². The van der Waals surface area contributed by atoms with E-state index in [0.717, 1.165) is 32.6 Å². The standard InChI is InChI=1S/C16H24N2O2.ClH/c1-3-20-16(19)18-11-9-17(10-12-18)14(2)13-15-7-5-4-6-8-15;/h4-8,14H,3,9-13H2,1-2H3;1H. The van der Waals surface area contributed by atoms with Crippen molar-refractivity contribution >= 4 is 18.5 Å². The van der Waals surface area contributed by atoms with Gasteiger partial charge in [-0.15, -0.1) is 12.4 Å². The van der Waals surface area contributed by atoms with Crippen LogP contribution in [0.1, 0.15) is 19.4 Å². The third-order valence-corrected chi connectivity index (χ3v) is 3.84. The van der Waals surface area contributed by atoms with Gasteiger partial charge in [0.05, 0.1) is 6.61 Å². The Balaban J connectivity index is 0.00000220. The minimum absolute atomic E-state index is 0. The van der Waals surface area contributed by atoms with E-state index in [4.69, 9.17) is 4.74 Å². The van der Waals surface area contributed by atoms with E-state index in [2.05, 4.69) is 36.1 Å². The summed E-state index contributed by atoms with van der Waals surface area (Å²) in [6.07, 6.45) is 0.878. The summed E-state index contributed by atoms with van der Waals surface area (Å²) in [7, 11) is 0. The molecule has 1 aromatic rings.